The number of rotatable bonds is 5. The van der Waals surface area contributed by atoms with E-state index in [1.54, 1.807) is 13.3 Å². The van der Waals surface area contributed by atoms with Crippen LogP contribution >= 0.6 is 11.3 Å². The number of carbonyl (C=O) groups is 1. The Morgan fingerprint density at radius 3 is 2.57 bits per heavy atom. The number of hydrogen-bond donors (Lipinski definition) is 0. The van der Waals surface area contributed by atoms with Crippen LogP contribution in [0.5, 0.6) is 5.75 Å². The van der Waals surface area contributed by atoms with E-state index in [2.05, 4.69) is 10.1 Å². The molecule has 0 unspecified atom stereocenters. The number of fused-ring (bicyclic) bond motifs is 1. The maximum atomic E-state index is 13.4. The summed E-state index contributed by atoms with van der Waals surface area (Å²) in [5, 5.41) is 6.38. The normalized spacial score (nSPS) is 11.2. The number of nitrogens with zero attached hydrogens (tertiary/aromatic N) is 3. The molecule has 1 amide bonds. The summed E-state index contributed by atoms with van der Waals surface area (Å²) in [4.78, 5) is 18.0. The van der Waals surface area contributed by atoms with E-state index in [0.717, 1.165) is 32.7 Å². The van der Waals surface area contributed by atoms with Gasteiger partial charge in [0.15, 0.2) is 0 Å². The molecular formula is C24H21N3O2S. The van der Waals surface area contributed by atoms with Gasteiger partial charge in [0.2, 0.25) is 5.13 Å². The van der Waals surface area contributed by atoms with Gasteiger partial charge in [0.1, 0.15) is 5.75 Å². The maximum absolute atomic E-state index is 13.4. The van der Waals surface area contributed by atoms with Crippen molar-refractivity contribution in [1.29, 1.82) is 0 Å². The lowest BCUT2D eigenvalue weighted by molar-refractivity contribution is 0.0987. The van der Waals surface area contributed by atoms with Gasteiger partial charge in [0, 0.05) is 5.56 Å². The SMILES string of the molecule is COc1ccc2nc(N(/N=C/c3ccccc3)C(=O)c3ccc(C)c(C)c3)sc2c1. The number of hydrogen-bond acceptors (Lipinski definition) is 5. The molecule has 30 heavy (non-hydrogen) atoms. The first-order valence-electron chi connectivity index (χ1n) is 9.50. The molecule has 0 bridgehead atoms. The number of aryl methyl sites for hydroxylation is 2. The van der Waals surface area contributed by atoms with E-state index >= 15 is 0 Å². The Morgan fingerprint density at radius 1 is 1.03 bits per heavy atom. The van der Waals surface area contributed by atoms with Crippen LogP contribution < -0.4 is 9.75 Å². The van der Waals surface area contributed by atoms with E-state index in [4.69, 9.17) is 4.74 Å². The van der Waals surface area contributed by atoms with E-state index in [9.17, 15) is 4.79 Å². The molecular weight excluding hydrogens is 394 g/mol. The van der Waals surface area contributed by atoms with Crippen molar-refractivity contribution >= 4 is 38.8 Å². The van der Waals surface area contributed by atoms with Crippen molar-refractivity contribution in [3.8, 4) is 5.75 Å². The third kappa shape index (κ3) is 4.09. The molecule has 0 N–H and O–H groups in total. The molecule has 150 valence electrons. The second-order valence-corrected chi connectivity index (χ2v) is 7.91. The van der Waals surface area contributed by atoms with Gasteiger partial charge in [-0.3, -0.25) is 4.79 Å². The van der Waals surface area contributed by atoms with E-state index in [0.29, 0.717) is 10.7 Å². The molecule has 0 saturated heterocycles. The van der Waals surface area contributed by atoms with Crippen molar-refractivity contribution < 1.29 is 9.53 Å². The molecule has 0 radical (unpaired) electrons. The summed E-state index contributed by atoms with van der Waals surface area (Å²) in [6.07, 6.45) is 1.67. The summed E-state index contributed by atoms with van der Waals surface area (Å²) >= 11 is 1.40. The minimum atomic E-state index is -0.226. The predicted molar refractivity (Wildman–Crippen MR) is 123 cm³/mol. The monoisotopic (exact) mass is 415 g/mol. The molecule has 0 spiro atoms. The van der Waals surface area contributed by atoms with Crippen LogP contribution in [0.1, 0.15) is 27.0 Å². The van der Waals surface area contributed by atoms with Crippen LogP contribution in [0.25, 0.3) is 10.2 Å². The van der Waals surface area contributed by atoms with Crippen LogP contribution in [-0.4, -0.2) is 24.2 Å². The van der Waals surface area contributed by atoms with Gasteiger partial charge in [-0.05, 0) is 60.9 Å². The van der Waals surface area contributed by atoms with E-state index in [1.165, 1.54) is 16.3 Å². The first-order chi connectivity index (χ1) is 14.5. The van der Waals surface area contributed by atoms with Gasteiger partial charge in [0.25, 0.3) is 5.91 Å². The van der Waals surface area contributed by atoms with Crippen molar-refractivity contribution in [2.75, 3.05) is 12.1 Å². The van der Waals surface area contributed by atoms with Crippen molar-refractivity contribution in [1.82, 2.24) is 4.98 Å². The summed E-state index contributed by atoms with van der Waals surface area (Å²) in [5.74, 6) is 0.522. The quantitative estimate of drug-likeness (QED) is 0.315. The van der Waals surface area contributed by atoms with Crippen LogP contribution in [0, 0.1) is 13.8 Å². The molecule has 6 heteroatoms. The minimum Gasteiger partial charge on any atom is -0.497 e. The fourth-order valence-electron chi connectivity index (χ4n) is 2.96. The number of anilines is 1. The van der Waals surface area contributed by atoms with Crippen LogP contribution in [-0.2, 0) is 0 Å². The fourth-order valence-corrected chi connectivity index (χ4v) is 3.91. The first-order valence-corrected chi connectivity index (χ1v) is 10.3. The number of benzene rings is 3. The molecule has 4 aromatic rings. The van der Waals surface area contributed by atoms with Crippen molar-refractivity contribution in [3.05, 3.63) is 89.0 Å². The number of aromatic nitrogens is 1. The molecule has 1 aromatic heterocycles. The smallest absolute Gasteiger partial charge is 0.280 e. The Morgan fingerprint density at radius 2 is 1.83 bits per heavy atom. The van der Waals surface area contributed by atoms with Crippen LogP contribution in [0.3, 0.4) is 0 Å². The topological polar surface area (TPSA) is 54.8 Å². The summed E-state index contributed by atoms with van der Waals surface area (Å²) in [5.41, 5.74) is 4.46. The zero-order valence-corrected chi connectivity index (χ0v) is 17.8. The summed E-state index contributed by atoms with van der Waals surface area (Å²) < 4.78 is 6.24. The molecule has 0 aliphatic carbocycles. The second kappa shape index (κ2) is 8.47. The molecule has 0 atom stereocenters. The number of amides is 1. The molecule has 1 heterocycles. The lowest BCUT2D eigenvalue weighted by atomic mass is 10.1. The summed E-state index contributed by atoms with van der Waals surface area (Å²) in [6, 6.07) is 21.0. The molecule has 0 saturated carbocycles. The fraction of sp³-hybridized carbons (Fsp3) is 0.125. The predicted octanol–water partition coefficient (Wildman–Crippen LogP) is 5.60. The lowest BCUT2D eigenvalue weighted by Crippen LogP contribution is -2.25. The second-order valence-electron chi connectivity index (χ2n) is 6.90. The van der Waals surface area contributed by atoms with E-state index < -0.39 is 0 Å². The zero-order chi connectivity index (χ0) is 21.1. The van der Waals surface area contributed by atoms with Gasteiger partial charge in [-0.15, -0.1) is 0 Å². The minimum absolute atomic E-state index is 0.226. The Bertz CT molecular complexity index is 1230. The van der Waals surface area contributed by atoms with Crippen molar-refractivity contribution in [2.45, 2.75) is 13.8 Å². The summed E-state index contributed by atoms with van der Waals surface area (Å²) in [6.45, 7) is 4.02. The zero-order valence-electron chi connectivity index (χ0n) is 17.0. The highest BCUT2D eigenvalue weighted by Gasteiger charge is 2.21. The highest BCUT2D eigenvalue weighted by Crippen LogP contribution is 2.32. The third-order valence-electron chi connectivity index (χ3n) is 4.83. The molecule has 0 fully saturated rings. The number of hydrazone groups is 1. The lowest BCUT2D eigenvalue weighted by Gasteiger charge is -2.14. The van der Waals surface area contributed by atoms with Gasteiger partial charge in [-0.1, -0.05) is 47.7 Å². The number of ether oxygens (including phenoxy) is 1. The highest BCUT2D eigenvalue weighted by molar-refractivity contribution is 7.22. The molecule has 0 aliphatic rings. The number of thiazole rings is 1. The van der Waals surface area contributed by atoms with Crippen molar-refractivity contribution in [2.24, 2.45) is 5.10 Å². The average molecular weight is 416 g/mol. The largest absolute Gasteiger partial charge is 0.497 e. The summed E-state index contributed by atoms with van der Waals surface area (Å²) in [7, 11) is 1.63. The van der Waals surface area contributed by atoms with Crippen LogP contribution in [0.2, 0.25) is 0 Å². The molecule has 5 nitrogen and oxygen atoms in total. The Kier molecular flexibility index (Phi) is 5.59. The van der Waals surface area contributed by atoms with E-state index in [-0.39, 0.29) is 5.91 Å². The Balaban J connectivity index is 1.77. The molecule has 3 aromatic carbocycles. The standard InChI is InChI=1S/C24H21N3O2S/c1-16-9-10-19(13-17(16)2)23(28)27(25-15-18-7-5-4-6-8-18)24-26-21-12-11-20(29-3)14-22(21)30-24/h4-15H,1-3H3/b25-15+. The Labute approximate surface area is 179 Å². The van der Waals surface area contributed by atoms with Gasteiger partial charge in [0.05, 0.1) is 23.5 Å². The van der Waals surface area contributed by atoms with Crippen LogP contribution in [0.4, 0.5) is 5.13 Å². The first kappa shape index (κ1) is 19.8. The number of carbonyl (C=O) groups excluding carboxylic acids is 1. The van der Waals surface area contributed by atoms with Gasteiger partial charge in [-0.2, -0.15) is 10.1 Å². The van der Waals surface area contributed by atoms with Gasteiger partial charge in [-0.25, -0.2) is 4.98 Å². The van der Waals surface area contributed by atoms with E-state index in [1.807, 2.05) is 80.6 Å². The van der Waals surface area contributed by atoms with Crippen LogP contribution in [0.15, 0.2) is 71.8 Å². The third-order valence-corrected chi connectivity index (χ3v) is 5.83. The average Bonchev–Trinajstić information content (AvgIpc) is 3.19. The maximum Gasteiger partial charge on any atom is 0.280 e. The molecule has 4 rings (SSSR count). The van der Waals surface area contributed by atoms with Crippen molar-refractivity contribution in [3.63, 3.8) is 0 Å². The Hall–Kier alpha value is -3.51. The highest BCUT2D eigenvalue weighted by atomic mass is 32.1. The molecule has 0 aliphatic heterocycles. The van der Waals surface area contributed by atoms with Gasteiger partial charge >= 0.3 is 0 Å². The number of methoxy groups -OCH3 is 1. The van der Waals surface area contributed by atoms with Gasteiger partial charge < -0.3 is 4.74 Å².